The van der Waals surface area contributed by atoms with Crippen LogP contribution in [0.4, 0.5) is 0 Å². The molecule has 2 aromatic rings. The van der Waals surface area contributed by atoms with E-state index in [4.69, 9.17) is 4.74 Å². The van der Waals surface area contributed by atoms with Gasteiger partial charge in [0.05, 0.1) is 6.61 Å². The van der Waals surface area contributed by atoms with Gasteiger partial charge < -0.3 is 10.1 Å². The number of hydrogen-bond donors (Lipinski definition) is 1. The lowest BCUT2D eigenvalue weighted by Gasteiger charge is -2.12. The van der Waals surface area contributed by atoms with Crippen molar-refractivity contribution in [3.8, 4) is 5.75 Å². The monoisotopic (exact) mass is 375 g/mol. The minimum atomic E-state index is 0. The van der Waals surface area contributed by atoms with Gasteiger partial charge in [-0.3, -0.25) is 4.79 Å². The van der Waals surface area contributed by atoms with Crippen molar-refractivity contribution in [3.05, 3.63) is 51.7 Å². The molecular formula is C22H33NO2S. The van der Waals surface area contributed by atoms with Gasteiger partial charge in [0, 0.05) is 11.4 Å². The van der Waals surface area contributed by atoms with E-state index in [2.05, 4.69) is 36.7 Å². The van der Waals surface area contributed by atoms with Gasteiger partial charge in [0.2, 0.25) is 6.41 Å². The first kappa shape index (κ1) is 22.2. The van der Waals surface area contributed by atoms with Gasteiger partial charge in [-0.1, -0.05) is 39.8 Å². The van der Waals surface area contributed by atoms with E-state index < -0.39 is 0 Å². The van der Waals surface area contributed by atoms with Crippen LogP contribution in [0.15, 0.2) is 35.7 Å². The molecule has 0 aliphatic heterocycles. The van der Waals surface area contributed by atoms with Crippen molar-refractivity contribution in [2.75, 3.05) is 6.61 Å². The van der Waals surface area contributed by atoms with Crippen LogP contribution in [-0.2, 0) is 11.3 Å². The van der Waals surface area contributed by atoms with Crippen molar-refractivity contribution < 1.29 is 9.53 Å². The Balaban J connectivity index is 0.000000311. The summed E-state index contributed by atoms with van der Waals surface area (Å²) in [6, 6.07) is 10.3. The van der Waals surface area contributed by atoms with Crippen LogP contribution in [0.25, 0.3) is 0 Å². The van der Waals surface area contributed by atoms with Crippen molar-refractivity contribution in [2.45, 2.75) is 59.9 Å². The largest absolute Gasteiger partial charge is 0.493 e. The Kier molecular flexibility index (Phi) is 10.0. The van der Waals surface area contributed by atoms with Crippen LogP contribution in [0.3, 0.4) is 0 Å². The first-order valence-electron chi connectivity index (χ1n) is 9.06. The Bertz CT molecular complexity index is 636. The summed E-state index contributed by atoms with van der Waals surface area (Å²) < 4.78 is 5.71. The van der Waals surface area contributed by atoms with Crippen LogP contribution in [0.5, 0.6) is 5.75 Å². The second-order valence-corrected chi connectivity index (χ2v) is 7.68. The SMILES string of the molecule is C.CC[C@H](C)COc1ccc(CNC=O)c(C)c1.c1csc(C2CC2)c1. The quantitative estimate of drug-likeness (QED) is 0.581. The Morgan fingerprint density at radius 3 is 2.65 bits per heavy atom. The highest BCUT2D eigenvalue weighted by Gasteiger charge is 2.23. The van der Waals surface area contributed by atoms with E-state index in [0.717, 1.165) is 35.8 Å². The number of nitrogens with one attached hydrogen (secondary N) is 1. The number of hydrogen-bond acceptors (Lipinski definition) is 3. The van der Waals surface area contributed by atoms with Crippen molar-refractivity contribution in [1.29, 1.82) is 0 Å². The molecule has 1 amide bonds. The van der Waals surface area contributed by atoms with Crippen molar-refractivity contribution in [2.24, 2.45) is 5.92 Å². The summed E-state index contributed by atoms with van der Waals surface area (Å²) >= 11 is 1.89. The third-order valence-corrected chi connectivity index (χ3v) is 5.48. The molecule has 1 aromatic heterocycles. The zero-order valence-corrected chi connectivity index (χ0v) is 16.3. The molecule has 1 aliphatic rings. The second kappa shape index (κ2) is 11.7. The average molecular weight is 376 g/mol. The van der Waals surface area contributed by atoms with Gasteiger partial charge >= 0.3 is 0 Å². The fourth-order valence-electron chi connectivity index (χ4n) is 2.36. The number of thiophene rings is 1. The molecule has 144 valence electrons. The summed E-state index contributed by atoms with van der Waals surface area (Å²) in [6.07, 6.45) is 4.70. The molecule has 1 atom stereocenters. The van der Waals surface area contributed by atoms with E-state index in [9.17, 15) is 4.79 Å². The highest BCUT2D eigenvalue weighted by molar-refractivity contribution is 7.10. The summed E-state index contributed by atoms with van der Waals surface area (Å²) in [4.78, 5) is 11.8. The molecule has 26 heavy (non-hydrogen) atoms. The number of aryl methyl sites for hydroxylation is 1. The van der Waals surface area contributed by atoms with Crippen molar-refractivity contribution in [1.82, 2.24) is 5.32 Å². The van der Waals surface area contributed by atoms with Crippen molar-refractivity contribution in [3.63, 3.8) is 0 Å². The summed E-state index contributed by atoms with van der Waals surface area (Å²) in [6.45, 7) is 7.68. The van der Waals surface area contributed by atoms with E-state index in [-0.39, 0.29) is 7.43 Å². The second-order valence-electron chi connectivity index (χ2n) is 6.70. The standard InChI is InChI=1S/C14H21NO2.C7H8S.CH4/c1-4-11(2)9-17-14-6-5-13(8-15-10-16)12(3)7-14;1-2-7(8-5-1)6-3-4-6;/h5-7,10-11H,4,8-9H2,1-3H3,(H,15,16);1-2,5-6H,3-4H2;1H4/t11-;;/m0../s1. The molecule has 1 fully saturated rings. The Labute approximate surface area is 162 Å². The summed E-state index contributed by atoms with van der Waals surface area (Å²) in [7, 11) is 0. The van der Waals surface area contributed by atoms with Gasteiger partial charge in [-0.15, -0.1) is 11.3 Å². The highest BCUT2D eigenvalue weighted by atomic mass is 32.1. The number of benzene rings is 1. The number of rotatable bonds is 8. The van der Waals surface area contributed by atoms with Gasteiger partial charge in [-0.25, -0.2) is 0 Å². The molecule has 0 spiro atoms. The third kappa shape index (κ3) is 7.61. The molecule has 3 rings (SSSR count). The zero-order chi connectivity index (χ0) is 18.1. The Morgan fingerprint density at radius 2 is 2.12 bits per heavy atom. The predicted molar refractivity (Wildman–Crippen MR) is 112 cm³/mol. The maximum atomic E-state index is 10.2. The molecule has 0 saturated heterocycles. The van der Waals surface area contributed by atoms with Crippen molar-refractivity contribution >= 4 is 17.7 Å². The van der Waals surface area contributed by atoms with E-state index in [1.165, 1.54) is 12.8 Å². The van der Waals surface area contributed by atoms with Gasteiger partial charge in [-0.05, 0) is 66.3 Å². The molecule has 0 radical (unpaired) electrons. The summed E-state index contributed by atoms with van der Waals surface area (Å²) in [5, 5.41) is 4.82. The predicted octanol–water partition coefficient (Wildman–Crippen LogP) is 5.93. The lowest BCUT2D eigenvalue weighted by Crippen LogP contribution is -2.11. The topological polar surface area (TPSA) is 38.3 Å². The fourth-order valence-corrected chi connectivity index (χ4v) is 3.26. The molecule has 1 N–H and O–H groups in total. The van der Waals surface area contributed by atoms with Gasteiger partial charge in [0.25, 0.3) is 0 Å². The van der Waals surface area contributed by atoms with E-state index in [0.29, 0.717) is 18.9 Å². The fraction of sp³-hybridized carbons (Fsp3) is 0.500. The van der Waals surface area contributed by atoms with Crippen LogP contribution in [-0.4, -0.2) is 13.0 Å². The number of amides is 1. The summed E-state index contributed by atoms with van der Waals surface area (Å²) in [5.74, 6) is 2.43. The van der Waals surface area contributed by atoms with E-state index in [1.54, 1.807) is 4.88 Å². The molecule has 0 bridgehead atoms. The molecular weight excluding hydrogens is 342 g/mol. The molecule has 1 aromatic carbocycles. The lowest BCUT2D eigenvalue weighted by molar-refractivity contribution is -0.109. The van der Waals surface area contributed by atoms with Crippen LogP contribution in [0, 0.1) is 12.8 Å². The molecule has 3 nitrogen and oxygen atoms in total. The maximum Gasteiger partial charge on any atom is 0.207 e. The third-order valence-electron chi connectivity index (χ3n) is 4.44. The minimum Gasteiger partial charge on any atom is -0.493 e. The van der Waals surface area contributed by atoms with Crippen LogP contribution >= 0.6 is 11.3 Å². The summed E-state index contributed by atoms with van der Waals surface area (Å²) in [5.41, 5.74) is 2.26. The van der Waals surface area contributed by atoms with Crippen LogP contribution in [0.1, 0.15) is 62.5 Å². The van der Waals surface area contributed by atoms with Gasteiger partial charge in [0.1, 0.15) is 5.75 Å². The van der Waals surface area contributed by atoms with Crippen LogP contribution < -0.4 is 10.1 Å². The average Bonchev–Trinajstić information content (AvgIpc) is 3.34. The highest BCUT2D eigenvalue weighted by Crippen LogP contribution is 2.41. The van der Waals surface area contributed by atoms with Gasteiger partial charge in [0.15, 0.2) is 0 Å². The van der Waals surface area contributed by atoms with Gasteiger partial charge in [-0.2, -0.15) is 0 Å². The zero-order valence-electron chi connectivity index (χ0n) is 15.5. The normalized spacial score (nSPS) is 13.7. The molecule has 4 heteroatoms. The number of carbonyl (C=O) groups excluding carboxylic acids is 1. The smallest absolute Gasteiger partial charge is 0.207 e. The van der Waals surface area contributed by atoms with E-state index >= 15 is 0 Å². The Hall–Kier alpha value is -1.81. The lowest BCUT2D eigenvalue weighted by atomic mass is 10.1. The Morgan fingerprint density at radius 1 is 1.35 bits per heavy atom. The molecule has 1 heterocycles. The van der Waals surface area contributed by atoms with Crippen LogP contribution in [0.2, 0.25) is 0 Å². The number of carbonyl (C=O) groups is 1. The first-order valence-corrected chi connectivity index (χ1v) is 9.94. The minimum absolute atomic E-state index is 0. The molecule has 1 aliphatic carbocycles. The maximum absolute atomic E-state index is 10.2. The van der Waals surface area contributed by atoms with E-state index in [1.807, 2.05) is 36.5 Å². The molecule has 1 saturated carbocycles. The molecule has 0 unspecified atom stereocenters. The number of ether oxygens (including phenoxy) is 1. The first-order chi connectivity index (χ1) is 12.1.